The second-order valence-corrected chi connectivity index (χ2v) is 7.34. The van der Waals surface area contributed by atoms with Gasteiger partial charge in [-0.05, 0) is 54.8 Å². The molecule has 0 N–H and O–H groups in total. The van der Waals surface area contributed by atoms with Gasteiger partial charge in [-0.3, -0.25) is 4.98 Å². The minimum atomic E-state index is -3.50. The molecular formula is C15H15ClN2O2S. The molecule has 0 spiro atoms. The van der Waals surface area contributed by atoms with Crippen molar-refractivity contribution in [2.75, 3.05) is 6.54 Å². The molecule has 21 heavy (non-hydrogen) atoms. The molecule has 6 heteroatoms. The number of nitrogens with zero attached hydrogens (tertiary/aromatic N) is 2. The molecule has 0 saturated carbocycles. The van der Waals surface area contributed by atoms with Gasteiger partial charge in [0, 0.05) is 24.0 Å². The van der Waals surface area contributed by atoms with Crippen LogP contribution in [0.2, 0.25) is 5.02 Å². The second-order valence-electron chi connectivity index (χ2n) is 5.01. The lowest BCUT2D eigenvalue weighted by molar-refractivity contribution is 0.396. The molecule has 1 fully saturated rings. The fourth-order valence-corrected chi connectivity index (χ4v) is 4.50. The van der Waals surface area contributed by atoms with E-state index in [0.717, 1.165) is 18.4 Å². The van der Waals surface area contributed by atoms with E-state index in [-0.39, 0.29) is 10.9 Å². The van der Waals surface area contributed by atoms with Crippen molar-refractivity contribution in [3.8, 4) is 0 Å². The third-order valence-corrected chi connectivity index (χ3v) is 5.89. The molecule has 110 valence electrons. The molecule has 4 nitrogen and oxygen atoms in total. The Labute approximate surface area is 129 Å². The summed E-state index contributed by atoms with van der Waals surface area (Å²) < 4.78 is 27.2. The minimum Gasteiger partial charge on any atom is -0.265 e. The first kappa shape index (κ1) is 14.5. The normalized spacial score (nSPS) is 19.8. The van der Waals surface area contributed by atoms with Crippen molar-refractivity contribution in [3.63, 3.8) is 0 Å². The molecule has 2 heterocycles. The lowest BCUT2D eigenvalue weighted by Crippen LogP contribution is -2.30. The third kappa shape index (κ3) is 2.81. The zero-order valence-corrected chi connectivity index (χ0v) is 12.9. The van der Waals surface area contributed by atoms with E-state index in [1.54, 1.807) is 41.0 Å². The van der Waals surface area contributed by atoms with E-state index in [2.05, 4.69) is 4.98 Å². The molecule has 0 unspecified atom stereocenters. The summed E-state index contributed by atoms with van der Waals surface area (Å²) in [7, 11) is -3.50. The van der Waals surface area contributed by atoms with Crippen LogP contribution in [0.15, 0.2) is 53.7 Å². The Morgan fingerprint density at radius 1 is 1.10 bits per heavy atom. The van der Waals surface area contributed by atoms with E-state index in [9.17, 15) is 8.42 Å². The van der Waals surface area contributed by atoms with E-state index >= 15 is 0 Å². The Morgan fingerprint density at radius 3 is 2.43 bits per heavy atom. The van der Waals surface area contributed by atoms with E-state index < -0.39 is 10.0 Å². The summed E-state index contributed by atoms with van der Waals surface area (Å²) in [5.41, 5.74) is 0.986. The zero-order valence-electron chi connectivity index (χ0n) is 11.3. The summed E-state index contributed by atoms with van der Waals surface area (Å²) in [5.74, 6) is 0. The van der Waals surface area contributed by atoms with Crippen molar-refractivity contribution in [2.45, 2.75) is 23.8 Å². The number of benzene rings is 1. The van der Waals surface area contributed by atoms with Crippen LogP contribution >= 0.6 is 11.6 Å². The lowest BCUT2D eigenvalue weighted by atomic mass is 10.1. The summed E-state index contributed by atoms with van der Waals surface area (Å²) >= 11 is 5.83. The van der Waals surface area contributed by atoms with Crippen molar-refractivity contribution in [1.82, 2.24) is 9.29 Å². The summed E-state index contributed by atoms with van der Waals surface area (Å²) in [4.78, 5) is 4.27. The lowest BCUT2D eigenvalue weighted by Gasteiger charge is -2.24. The van der Waals surface area contributed by atoms with Crippen molar-refractivity contribution in [1.29, 1.82) is 0 Å². The summed E-state index contributed by atoms with van der Waals surface area (Å²) in [6, 6.07) is 9.95. The van der Waals surface area contributed by atoms with Gasteiger partial charge in [-0.2, -0.15) is 4.31 Å². The Morgan fingerprint density at radius 2 is 1.76 bits per heavy atom. The van der Waals surface area contributed by atoms with Crippen LogP contribution in [0.1, 0.15) is 24.4 Å². The first-order chi connectivity index (χ1) is 10.1. The summed E-state index contributed by atoms with van der Waals surface area (Å²) in [6.45, 7) is 0.540. The van der Waals surface area contributed by atoms with Crippen LogP contribution in [0.25, 0.3) is 0 Å². The van der Waals surface area contributed by atoms with Crippen LogP contribution in [0, 0.1) is 0 Å². The van der Waals surface area contributed by atoms with Crippen LogP contribution in [0.4, 0.5) is 0 Å². The quantitative estimate of drug-likeness (QED) is 0.871. The van der Waals surface area contributed by atoms with Gasteiger partial charge in [0.05, 0.1) is 10.9 Å². The Balaban J connectivity index is 1.96. The van der Waals surface area contributed by atoms with Crippen LogP contribution in [0.5, 0.6) is 0 Å². The number of hydrogen-bond acceptors (Lipinski definition) is 3. The molecule has 0 aliphatic carbocycles. The van der Waals surface area contributed by atoms with E-state index in [1.807, 2.05) is 12.1 Å². The zero-order chi connectivity index (χ0) is 14.9. The van der Waals surface area contributed by atoms with Crippen LogP contribution in [0.3, 0.4) is 0 Å². The standard InChI is InChI=1S/C15H15ClN2O2S/c16-13-3-5-14(6-4-13)21(19,20)18-11-1-2-15(18)12-7-9-17-10-8-12/h3-10,15H,1-2,11H2/t15-/m1/s1. The van der Waals surface area contributed by atoms with Gasteiger partial charge < -0.3 is 0 Å². The molecule has 0 bridgehead atoms. The van der Waals surface area contributed by atoms with Crippen molar-refractivity contribution in [2.24, 2.45) is 0 Å². The van der Waals surface area contributed by atoms with Crippen molar-refractivity contribution < 1.29 is 8.42 Å². The summed E-state index contributed by atoms with van der Waals surface area (Å²) in [5, 5.41) is 0.529. The number of halogens is 1. The highest BCUT2D eigenvalue weighted by Gasteiger charge is 2.35. The van der Waals surface area contributed by atoms with E-state index in [0.29, 0.717) is 11.6 Å². The molecule has 3 rings (SSSR count). The number of sulfonamides is 1. The first-order valence-corrected chi connectivity index (χ1v) is 8.58. The monoisotopic (exact) mass is 322 g/mol. The molecule has 1 aromatic carbocycles. The second kappa shape index (κ2) is 5.75. The van der Waals surface area contributed by atoms with Gasteiger partial charge in [0.25, 0.3) is 0 Å². The van der Waals surface area contributed by atoms with Crippen LogP contribution < -0.4 is 0 Å². The van der Waals surface area contributed by atoms with Gasteiger partial charge in [0.15, 0.2) is 0 Å². The van der Waals surface area contributed by atoms with Crippen molar-refractivity contribution >= 4 is 21.6 Å². The van der Waals surface area contributed by atoms with Crippen LogP contribution in [-0.2, 0) is 10.0 Å². The minimum absolute atomic E-state index is 0.117. The molecular weight excluding hydrogens is 308 g/mol. The Bertz CT molecular complexity index is 717. The molecule has 1 aromatic heterocycles. The average Bonchev–Trinajstić information content (AvgIpc) is 2.99. The number of hydrogen-bond donors (Lipinski definition) is 0. The van der Waals surface area contributed by atoms with E-state index in [1.165, 1.54) is 0 Å². The first-order valence-electron chi connectivity index (χ1n) is 6.76. The maximum atomic E-state index is 12.8. The highest BCUT2D eigenvalue weighted by molar-refractivity contribution is 7.89. The Kier molecular flexibility index (Phi) is 3.97. The fourth-order valence-electron chi connectivity index (χ4n) is 2.69. The molecule has 1 atom stereocenters. The van der Waals surface area contributed by atoms with Crippen LogP contribution in [-0.4, -0.2) is 24.3 Å². The van der Waals surface area contributed by atoms with E-state index in [4.69, 9.17) is 11.6 Å². The maximum absolute atomic E-state index is 12.8. The predicted octanol–water partition coefficient (Wildman–Crippen LogP) is 3.26. The maximum Gasteiger partial charge on any atom is 0.243 e. The smallest absolute Gasteiger partial charge is 0.243 e. The van der Waals surface area contributed by atoms with Crippen molar-refractivity contribution in [3.05, 3.63) is 59.4 Å². The fraction of sp³-hybridized carbons (Fsp3) is 0.267. The number of pyridine rings is 1. The number of aromatic nitrogens is 1. The SMILES string of the molecule is O=S(=O)(c1ccc(Cl)cc1)N1CCC[C@@H]1c1ccncc1. The molecule has 1 saturated heterocycles. The average molecular weight is 323 g/mol. The highest BCUT2D eigenvalue weighted by atomic mass is 35.5. The third-order valence-electron chi connectivity index (χ3n) is 3.71. The Hall–Kier alpha value is -1.43. The number of rotatable bonds is 3. The van der Waals surface area contributed by atoms with Gasteiger partial charge in [0.2, 0.25) is 10.0 Å². The van der Waals surface area contributed by atoms with Gasteiger partial charge >= 0.3 is 0 Å². The summed E-state index contributed by atoms with van der Waals surface area (Å²) in [6.07, 6.45) is 5.08. The molecule has 0 amide bonds. The molecule has 1 aliphatic heterocycles. The molecule has 2 aromatic rings. The largest absolute Gasteiger partial charge is 0.265 e. The van der Waals surface area contributed by atoms with Gasteiger partial charge in [-0.25, -0.2) is 8.42 Å². The highest BCUT2D eigenvalue weighted by Crippen LogP contribution is 2.36. The molecule has 1 aliphatic rings. The predicted molar refractivity (Wildman–Crippen MR) is 81.6 cm³/mol. The van der Waals surface area contributed by atoms with Gasteiger partial charge in [-0.15, -0.1) is 0 Å². The molecule has 0 radical (unpaired) electrons. The topological polar surface area (TPSA) is 50.3 Å². The van der Waals surface area contributed by atoms with Gasteiger partial charge in [0.1, 0.15) is 0 Å². The van der Waals surface area contributed by atoms with Gasteiger partial charge in [-0.1, -0.05) is 11.6 Å².